The Morgan fingerprint density at radius 1 is 1.41 bits per heavy atom. The van der Waals surface area contributed by atoms with Gasteiger partial charge in [0.1, 0.15) is 0 Å². The molecule has 0 aliphatic rings. The molecule has 0 spiro atoms. The smallest absolute Gasteiger partial charge is 0.226 e. The molecule has 0 unspecified atom stereocenters. The Bertz CT molecular complexity index is 511. The maximum atomic E-state index is 13.6. The molecule has 0 saturated carbocycles. The lowest BCUT2D eigenvalue weighted by Gasteiger charge is -2.05. The van der Waals surface area contributed by atoms with Gasteiger partial charge in [0.2, 0.25) is 11.7 Å². The Hall–Kier alpha value is -1.91. The largest absolute Gasteiger partial charge is 0.482 e. The third-order valence-electron chi connectivity index (χ3n) is 2.33. The molecule has 0 aliphatic carbocycles. The van der Waals surface area contributed by atoms with E-state index in [0.29, 0.717) is 23.7 Å². The van der Waals surface area contributed by atoms with Crippen molar-refractivity contribution in [2.24, 2.45) is 0 Å². The lowest BCUT2D eigenvalue weighted by molar-refractivity contribution is 0.272. The summed E-state index contributed by atoms with van der Waals surface area (Å²) >= 11 is 0. The number of aromatic nitrogens is 2. The van der Waals surface area contributed by atoms with Gasteiger partial charge >= 0.3 is 0 Å². The lowest BCUT2D eigenvalue weighted by atomic mass is 10.2. The first-order valence-electron chi connectivity index (χ1n) is 5.40. The Balaban J connectivity index is 2.04. The molecule has 0 saturated heterocycles. The van der Waals surface area contributed by atoms with Crippen molar-refractivity contribution < 1.29 is 13.7 Å². The van der Waals surface area contributed by atoms with E-state index in [2.05, 4.69) is 10.1 Å². The second-order valence-corrected chi connectivity index (χ2v) is 3.63. The quantitative estimate of drug-likeness (QED) is 0.818. The second-order valence-electron chi connectivity index (χ2n) is 3.63. The predicted molar refractivity (Wildman–Crippen MR) is 59.1 cm³/mol. The van der Waals surface area contributed by atoms with E-state index in [9.17, 15) is 4.39 Å². The number of ether oxygens (including phenoxy) is 1. The van der Waals surface area contributed by atoms with E-state index in [0.717, 1.165) is 0 Å². The minimum atomic E-state index is -0.355. The summed E-state index contributed by atoms with van der Waals surface area (Å²) in [5.74, 6) is 0.815. The molecule has 2 aromatic rings. The number of rotatable bonds is 4. The van der Waals surface area contributed by atoms with Gasteiger partial charge in [-0.25, -0.2) is 4.39 Å². The van der Waals surface area contributed by atoms with Crippen LogP contribution in [0.3, 0.4) is 0 Å². The van der Waals surface area contributed by atoms with Crippen LogP contribution in [0.25, 0.3) is 0 Å². The average molecular weight is 236 g/mol. The number of hydrogen-bond acceptors (Lipinski definition) is 4. The first-order valence-corrected chi connectivity index (χ1v) is 5.40. The zero-order valence-electron chi connectivity index (χ0n) is 9.74. The summed E-state index contributed by atoms with van der Waals surface area (Å²) in [7, 11) is 0. The van der Waals surface area contributed by atoms with Crippen molar-refractivity contribution in [2.45, 2.75) is 26.9 Å². The van der Waals surface area contributed by atoms with E-state index >= 15 is 0 Å². The molecule has 0 amide bonds. The van der Waals surface area contributed by atoms with E-state index in [1.807, 2.05) is 6.92 Å². The maximum Gasteiger partial charge on any atom is 0.226 e. The highest BCUT2D eigenvalue weighted by molar-refractivity contribution is 5.30. The molecule has 0 bridgehead atoms. The van der Waals surface area contributed by atoms with Crippen molar-refractivity contribution in [1.29, 1.82) is 0 Å². The highest BCUT2D eigenvalue weighted by Crippen LogP contribution is 2.20. The third kappa shape index (κ3) is 2.61. The first kappa shape index (κ1) is 11.6. The molecule has 0 radical (unpaired) electrons. The molecule has 1 aromatic carbocycles. The first-order chi connectivity index (χ1) is 8.20. The summed E-state index contributed by atoms with van der Waals surface area (Å²) in [4.78, 5) is 4.07. The van der Waals surface area contributed by atoms with Crippen molar-refractivity contribution in [3.8, 4) is 5.75 Å². The fourth-order valence-corrected chi connectivity index (χ4v) is 1.37. The van der Waals surface area contributed by atoms with Gasteiger partial charge in [-0.1, -0.05) is 24.2 Å². The molecule has 17 heavy (non-hydrogen) atoms. The van der Waals surface area contributed by atoms with E-state index in [1.165, 1.54) is 0 Å². The van der Waals surface area contributed by atoms with Gasteiger partial charge in [0, 0.05) is 6.42 Å². The van der Waals surface area contributed by atoms with E-state index in [4.69, 9.17) is 9.26 Å². The summed E-state index contributed by atoms with van der Waals surface area (Å²) in [6, 6.07) is 5.00. The Morgan fingerprint density at radius 3 is 2.94 bits per heavy atom. The van der Waals surface area contributed by atoms with Crippen molar-refractivity contribution in [3.63, 3.8) is 0 Å². The maximum absolute atomic E-state index is 13.6. The molecule has 1 aromatic heterocycles. The fourth-order valence-electron chi connectivity index (χ4n) is 1.37. The van der Waals surface area contributed by atoms with Crippen LogP contribution in [0.4, 0.5) is 4.39 Å². The van der Waals surface area contributed by atoms with Crippen molar-refractivity contribution in [1.82, 2.24) is 10.1 Å². The molecule has 2 rings (SSSR count). The van der Waals surface area contributed by atoms with Gasteiger partial charge in [0.15, 0.2) is 18.2 Å². The van der Waals surface area contributed by atoms with Gasteiger partial charge in [-0.15, -0.1) is 0 Å². The van der Waals surface area contributed by atoms with Crippen LogP contribution in [-0.2, 0) is 13.0 Å². The topological polar surface area (TPSA) is 48.2 Å². The minimum absolute atomic E-state index is 0.101. The number of nitrogens with zero attached hydrogens (tertiary/aromatic N) is 2. The monoisotopic (exact) mass is 236 g/mol. The molecule has 4 nitrogen and oxygen atoms in total. The second kappa shape index (κ2) is 4.95. The van der Waals surface area contributed by atoms with Gasteiger partial charge in [0.05, 0.1) is 0 Å². The Morgan fingerprint density at radius 2 is 2.24 bits per heavy atom. The van der Waals surface area contributed by atoms with E-state index in [-0.39, 0.29) is 18.2 Å². The fraction of sp³-hybridized carbons (Fsp3) is 0.333. The van der Waals surface area contributed by atoms with Crippen molar-refractivity contribution >= 4 is 0 Å². The van der Waals surface area contributed by atoms with Gasteiger partial charge in [-0.2, -0.15) is 4.98 Å². The summed E-state index contributed by atoms with van der Waals surface area (Å²) in [6.07, 6.45) is 0.672. The molecular weight excluding hydrogens is 223 g/mol. The zero-order chi connectivity index (χ0) is 12.3. The molecule has 0 fully saturated rings. The predicted octanol–water partition coefficient (Wildman–Crippen LogP) is 2.66. The summed E-state index contributed by atoms with van der Waals surface area (Å²) in [5, 5.41) is 3.72. The molecule has 90 valence electrons. The number of benzene rings is 1. The standard InChI is InChI=1S/C12H13FN2O2/c1-3-11-14-10(15-17-11)7-16-9-6-4-5-8(2)12(9)13/h4-6H,3,7H2,1-2H3. The molecule has 0 aliphatic heterocycles. The van der Waals surface area contributed by atoms with Gasteiger partial charge in [-0.3, -0.25) is 0 Å². The van der Waals surface area contributed by atoms with Crippen LogP contribution in [0.5, 0.6) is 5.75 Å². The number of hydrogen-bond donors (Lipinski definition) is 0. The lowest BCUT2D eigenvalue weighted by Crippen LogP contribution is -2.00. The SMILES string of the molecule is CCc1nc(COc2cccc(C)c2F)no1. The van der Waals surface area contributed by atoms with Crippen LogP contribution in [0, 0.1) is 12.7 Å². The summed E-state index contributed by atoms with van der Waals surface area (Å²) in [5.41, 5.74) is 0.546. The highest BCUT2D eigenvalue weighted by Gasteiger charge is 2.09. The number of aryl methyl sites for hydroxylation is 2. The molecule has 1 heterocycles. The molecule has 0 atom stereocenters. The Kier molecular flexibility index (Phi) is 3.37. The van der Waals surface area contributed by atoms with E-state index < -0.39 is 0 Å². The van der Waals surface area contributed by atoms with Crippen LogP contribution in [0.2, 0.25) is 0 Å². The van der Waals surface area contributed by atoms with Crippen LogP contribution < -0.4 is 4.74 Å². The average Bonchev–Trinajstić information content (AvgIpc) is 2.79. The molecule has 5 heteroatoms. The molecule has 0 N–H and O–H groups in total. The molecular formula is C12H13FN2O2. The third-order valence-corrected chi connectivity index (χ3v) is 2.33. The highest BCUT2D eigenvalue weighted by atomic mass is 19.1. The van der Waals surface area contributed by atoms with Gasteiger partial charge in [-0.05, 0) is 18.6 Å². The zero-order valence-corrected chi connectivity index (χ0v) is 9.74. The van der Waals surface area contributed by atoms with Crippen LogP contribution >= 0.6 is 0 Å². The minimum Gasteiger partial charge on any atom is -0.482 e. The van der Waals surface area contributed by atoms with E-state index in [1.54, 1.807) is 25.1 Å². The Labute approximate surface area is 98.4 Å². The van der Waals surface area contributed by atoms with Crippen LogP contribution in [-0.4, -0.2) is 10.1 Å². The van der Waals surface area contributed by atoms with Gasteiger partial charge < -0.3 is 9.26 Å². The van der Waals surface area contributed by atoms with Crippen LogP contribution in [0.15, 0.2) is 22.7 Å². The number of halogens is 1. The van der Waals surface area contributed by atoms with Crippen molar-refractivity contribution in [2.75, 3.05) is 0 Å². The van der Waals surface area contributed by atoms with Crippen molar-refractivity contribution in [3.05, 3.63) is 41.3 Å². The van der Waals surface area contributed by atoms with Gasteiger partial charge in [0.25, 0.3) is 0 Å². The summed E-state index contributed by atoms with van der Waals surface area (Å²) in [6.45, 7) is 3.70. The van der Waals surface area contributed by atoms with Crippen LogP contribution in [0.1, 0.15) is 24.2 Å². The summed E-state index contributed by atoms with van der Waals surface area (Å²) < 4.78 is 23.8. The normalized spacial score (nSPS) is 10.5.